The van der Waals surface area contributed by atoms with Gasteiger partial charge in [-0.15, -0.1) is 0 Å². The van der Waals surface area contributed by atoms with Crippen molar-refractivity contribution >= 4 is 17.8 Å². The highest BCUT2D eigenvalue weighted by Gasteiger charge is 2.52. The van der Waals surface area contributed by atoms with E-state index in [4.69, 9.17) is 4.98 Å². The molecule has 2 N–H and O–H groups in total. The minimum Gasteiger partial charge on any atom is -0.351 e. The Morgan fingerprint density at radius 3 is 2.64 bits per heavy atom. The molecule has 8 nitrogen and oxygen atoms in total. The molecule has 0 atom stereocenters. The number of fused-ring (bicyclic) bond motifs is 1. The molecule has 3 heterocycles. The number of benzene rings is 1. The van der Waals surface area contributed by atoms with Crippen LogP contribution < -0.4 is 10.6 Å². The molecule has 1 aromatic carbocycles. The summed E-state index contributed by atoms with van der Waals surface area (Å²) in [6.07, 6.45) is 8.01. The lowest BCUT2D eigenvalue weighted by molar-refractivity contribution is -0.131. The van der Waals surface area contributed by atoms with E-state index < -0.39 is 5.54 Å². The van der Waals surface area contributed by atoms with Crippen LogP contribution in [-0.4, -0.2) is 50.9 Å². The SMILES string of the molecule is O=C(NCCCN1C(=O)NC2(CCCC2)C1=O)c1nc(-c2ccccc2)n2c1CCCCC2. The maximum Gasteiger partial charge on any atom is 0.325 e. The molecule has 1 saturated carbocycles. The number of aromatic nitrogens is 2. The van der Waals surface area contributed by atoms with Crippen molar-refractivity contribution in [2.45, 2.75) is 69.9 Å². The highest BCUT2D eigenvalue weighted by Crippen LogP contribution is 2.35. The third kappa shape index (κ3) is 4.03. The average molecular weight is 450 g/mol. The normalized spacial score (nSPS) is 19.5. The molecule has 2 aromatic rings. The van der Waals surface area contributed by atoms with E-state index in [-0.39, 0.29) is 17.8 Å². The first-order chi connectivity index (χ1) is 16.1. The predicted molar refractivity (Wildman–Crippen MR) is 124 cm³/mol. The van der Waals surface area contributed by atoms with E-state index in [0.29, 0.717) is 25.2 Å². The van der Waals surface area contributed by atoms with Crippen molar-refractivity contribution in [3.8, 4) is 11.4 Å². The number of carbonyl (C=O) groups is 3. The smallest absolute Gasteiger partial charge is 0.325 e. The lowest BCUT2D eigenvalue weighted by Gasteiger charge is -2.20. The summed E-state index contributed by atoms with van der Waals surface area (Å²) in [5, 5.41) is 5.86. The largest absolute Gasteiger partial charge is 0.351 e. The molecule has 1 aromatic heterocycles. The molecule has 174 valence electrons. The van der Waals surface area contributed by atoms with Crippen LogP contribution in [0.3, 0.4) is 0 Å². The number of hydrogen-bond acceptors (Lipinski definition) is 4. The summed E-state index contributed by atoms with van der Waals surface area (Å²) in [6.45, 7) is 1.56. The van der Waals surface area contributed by atoms with Gasteiger partial charge in [-0.25, -0.2) is 9.78 Å². The molecule has 0 unspecified atom stereocenters. The predicted octanol–water partition coefficient (Wildman–Crippen LogP) is 3.26. The second-order valence-electron chi connectivity index (χ2n) is 9.34. The molecule has 0 radical (unpaired) electrons. The molecule has 1 spiro atoms. The van der Waals surface area contributed by atoms with Crippen LogP contribution in [-0.2, 0) is 17.8 Å². The van der Waals surface area contributed by atoms with Crippen molar-refractivity contribution in [3.05, 3.63) is 41.7 Å². The Hall–Kier alpha value is -3.16. The van der Waals surface area contributed by atoms with Crippen LogP contribution in [0.1, 0.15) is 67.5 Å². The van der Waals surface area contributed by atoms with E-state index >= 15 is 0 Å². The van der Waals surface area contributed by atoms with Crippen LogP contribution in [0.25, 0.3) is 11.4 Å². The molecule has 2 fully saturated rings. The van der Waals surface area contributed by atoms with Gasteiger partial charge in [0.1, 0.15) is 17.1 Å². The van der Waals surface area contributed by atoms with Gasteiger partial charge in [0, 0.05) is 25.2 Å². The van der Waals surface area contributed by atoms with Crippen LogP contribution in [0.15, 0.2) is 30.3 Å². The van der Waals surface area contributed by atoms with Gasteiger partial charge in [-0.3, -0.25) is 14.5 Å². The molecule has 8 heteroatoms. The summed E-state index contributed by atoms with van der Waals surface area (Å²) in [7, 11) is 0. The lowest BCUT2D eigenvalue weighted by atomic mass is 9.98. The van der Waals surface area contributed by atoms with Crippen molar-refractivity contribution in [1.29, 1.82) is 0 Å². The van der Waals surface area contributed by atoms with E-state index in [1.54, 1.807) is 0 Å². The number of nitrogens with zero attached hydrogens (tertiary/aromatic N) is 3. The maximum atomic E-state index is 13.1. The minimum atomic E-state index is -0.678. The van der Waals surface area contributed by atoms with Crippen molar-refractivity contribution in [3.63, 3.8) is 0 Å². The molecule has 0 bridgehead atoms. The third-order valence-electron chi connectivity index (χ3n) is 7.16. The Kier molecular flexibility index (Phi) is 5.91. The fraction of sp³-hybridized carbons (Fsp3) is 0.520. The summed E-state index contributed by atoms with van der Waals surface area (Å²) < 4.78 is 2.20. The average Bonchev–Trinajstić information content (AvgIpc) is 3.44. The number of amides is 4. The Morgan fingerprint density at radius 1 is 1.06 bits per heavy atom. The topological polar surface area (TPSA) is 96.3 Å². The fourth-order valence-corrected chi connectivity index (χ4v) is 5.43. The summed E-state index contributed by atoms with van der Waals surface area (Å²) in [5.74, 6) is 0.550. The summed E-state index contributed by atoms with van der Waals surface area (Å²) in [6, 6.07) is 9.69. The first-order valence-electron chi connectivity index (χ1n) is 12.2. The second-order valence-corrected chi connectivity index (χ2v) is 9.34. The van der Waals surface area contributed by atoms with E-state index in [9.17, 15) is 14.4 Å². The molecular formula is C25H31N5O3. The Morgan fingerprint density at radius 2 is 1.85 bits per heavy atom. The second kappa shape index (κ2) is 9.00. The molecule has 4 amide bonds. The fourth-order valence-electron chi connectivity index (χ4n) is 5.43. The summed E-state index contributed by atoms with van der Waals surface area (Å²) >= 11 is 0. The molecule has 5 rings (SSSR count). The molecule has 33 heavy (non-hydrogen) atoms. The van der Waals surface area contributed by atoms with E-state index in [1.165, 1.54) is 4.90 Å². The zero-order valence-electron chi connectivity index (χ0n) is 18.9. The van der Waals surface area contributed by atoms with Gasteiger partial charge in [0.05, 0.1) is 5.69 Å². The van der Waals surface area contributed by atoms with Gasteiger partial charge in [0.2, 0.25) is 0 Å². The van der Waals surface area contributed by atoms with Gasteiger partial charge in [-0.05, 0) is 38.5 Å². The van der Waals surface area contributed by atoms with Gasteiger partial charge in [-0.2, -0.15) is 0 Å². The quantitative estimate of drug-likeness (QED) is 0.523. The van der Waals surface area contributed by atoms with Crippen molar-refractivity contribution < 1.29 is 14.4 Å². The van der Waals surface area contributed by atoms with Gasteiger partial charge >= 0.3 is 6.03 Å². The number of imidazole rings is 1. The molecule has 1 saturated heterocycles. The van der Waals surface area contributed by atoms with Crippen molar-refractivity contribution in [2.75, 3.05) is 13.1 Å². The van der Waals surface area contributed by atoms with Gasteiger partial charge in [0.25, 0.3) is 11.8 Å². The highest BCUT2D eigenvalue weighted by molar-refractivity contribution is 6.07. The maximum absolute atomic E-state index is 13.1. The number of nitrogens with one attached hydrogen (secondary N) is 2. The standard InChI is InChI=1S/C25H31N5O3/c31-22(26-15-9-17-30-23(32)25(28-24(30)33)13-6-7-14-25)20-19-12-5-2-8-16-29(19)21(27-20)18-10-3-1-4-11-18/h1,3-4,10-11H,2,5-9,12-17H2,(H,26,31)(H,28,33). The Balaban J connectivity index is 1.24. The lowest BCUT2D eigenvalue weighted by Crippen LogP contribution is -2.44. The number of carbonyl (C=O) groups excluding carboxylic acids is 3. The first-order valence-corrected chi connectivity index (χ1v) is 12.2. The zero-order chi connectivity index (χ0) is 22.8. The zero-order valence-corrected chi connectivity index (χ0v) is 18.9. The molecule has 1 aliphatic carbocycles. The van der Waals surface area contributed by atoms with Crippen molar-refractivity contribution in [2.24, 2.45) is 0 Å². The van der Waals surface area contributed by atoms with Crippen LogP contribution >= 0.6 is 0 Å². The summed E-state index contributed by atoms with van der Waals surface area (Å²) in [4.78, 5) is 44.2. The molecule has 3 aliphatic rings. The van der Waals surface area contributed by atoms with E-state index in [1.807, 2.05) is 30.3 Å². The highest BCUT2D eigenvalue weighted by atomic mass is 16.2. The van der Waals surface area contributed by atoms with Gasteiger partial charge < -0.3 is 15.2 Å². The van der Waals surface area contributed by atoms with Crippen molar-refractivity contribution in [1.82, 2.24) is 25.1 Å². The molecular weight excluding hydrogens is 418 g/mol. The third-order valence-corrected chi connectivity index (χ3v) is 7.16. The molecule has 2 aliphatic heterocycles. The first kappa shape index (κ1) is 21.7. The number of imide groups is 1. The van der Waals surface area contributed by atoms with E-state index in [2.05, 4.69) is 15.2 Å². The van der Waals surface area contributed by atoms with Crippen LogP contribution in [0.5, 0.6) is 0 Å². The number of hydrogen-bond donors (Lipinski definition) is 2. The minimum absolute atomic E-state index is 0.108. The van der Waals surface area contributed by atoms with Gasteiger partial charge in [0.15, 0.2) is 0 Å². The Bertz CT molecular complexity index is 1060. The Labute approximate surface area is 193 Å². The number of urea groups is 1. The van der Waals surface area contributed by atoms with Crippen LogP contribution in [0, 0.1) is 0 Å². The van der Waals surface area contributed by atoms with E-state index in [0.717, 1.165) is 75.0 Å². The van der Waals surface area contributed by atoms with Crippen LogP contribution in [0.4, 0.5) is 4.79 Å². The van der Waals surface area contributed by atoms with Crippen LogP contribution in [0.2, 0.25) is 0 Å². The monoisotopic (exact) mass is 449 g/mol. The summed E-state index contributed by atoms with van der Waals surface area (Å²) in [5.41, 5.74) is 1.83. The number of rotatable bonds is 6. The van der Waals surface area contributed by atoms with Gasteiger partial charge in [-0.1, -0.05) is 49.6 Å².